The fourth-order valence-electron chi connectivity index (χ4n) is 2.85. The van der Waals surface area contributed by atoms with E-state index >= 15 is 0 Å². The lowest BCUT2D eigenvalue weighted by Crippen LogP contribution is -2.25. The van der Waals surface area contributed by atoms with Gasteiger partial charge in [0, 0.05) is 30.4 Å². The predicted molar refractivity (Wildman–Crippen MR) is 105 cm³/mol. The summed E-state index contributed by atoms with van der Waals surface area (Å²) in [6, 6.07) is 9.56. The lowest BCUT2D eigenvalue weighted by Gasteiger charge is -2.18. The topological polar surface area (TPSA) is 84.9 Å². The van der Waals surface area contributed by atoms with Crippen molar-refractivity contribution in [2.75, 3.05) is 36.1 Å². The highest BCUT2D eigenvalue weighted by Crippen LogP contribution is 2.30. The third kappa shape index (κ3) is 4.12. The fraction of sp³-hybridized carbons (Fsp3) is 0.278. The Morgan fingerprint density at radius 1 is 1.11 bits per heavy atom. The van der Waals surface area contributed by atoms with Crippen molar-refractivity contribution >= 4 is 38.9 Å². The van der Waals surface area contributed by atoms with E-state index in [0.29, 0.717) is 35.8 Å². The molecule has 0 saturated carbocycles. The summed E-state index contributed by atoms with van der Waals surface area (Å²) in [4.78, 5) is 12.7. The van der Waals surface area contributed by atoms with Crippen molar-refractivity contribution in [2.24, 2.45) is 0 Å². The van der Waals surface area contributed by atoms with Gasteiger partial charge in [0.15, 0.2) is 0 Å². The van der Waals surface area contributed by atoms with Gasteiger partial charge >= 0.3 is 0 Å². The summed E-state index contributed by atoms with van der Waals surface area (Å²) in [5, 5.41) is 2.96. The van der Waals surface area contributed by atoms with Crippen molar-refractivity contribution in [3.8, 4) is 11.5 Å². The molecule has 0 unspecified atom stereocenters. The molecule has 0 bridgehead atoms. The third-order valence-electron chi connectivity index (χ3n) is 4.19. The van der Waals surface area contributed by atoms with E-state index in [1.807, 2.05) is 0 Å². The summed E-state index contributed by atoms with van der Waals surface area (Å²) in [7, 11) is -0.325. The van der Waals surface area contributed by atoms with Crippen LogP contribution in [0.15, 0.2) is 36.4 Å². The molecule has 0 aromatic heterocycles. The Labute approximate surface area is 162 Å². The number of carbonyl (C=O) groups is 1. The lowest BCUT2D eigenvalue weighted by molar-refractivity contribution is 0.102. The number of rotatable bonds is 5. The number of methoxy groups -OCH3 is 2. The van der Waals surface area contributed by atoms with E-state index in [1.54, 1.807) is 24.3 Å². The van der Waals surface area contributed by atoms with E-state index in [1.165, 1.54) is 30.7 Å². The van der Waals surface area contributed by atoms with Crippen LogP contribution in [0.3, 0.4) is 0 Å². The first-order valence-corrected chi connectivity index (χ1v) is 10.2. The molecule has 0 atom stereocenters. The van der Waals surface area contributed by atoms with Crippen molar-refractivity contribution in [3.63, 3.8) is 0 Å². The molecule has 9 heteroatoms. The van der Waals surface area contributed by atoms with Gasteiger partial charge in [-0.15, -0.1) is 0 Å². The van der Waals surface area contributed by atoms with Crippen molar-refractivity contribution in [1.82, 2.24) is 0 Å². The Bertz CT molecular complexity index is 955. The number of carbonyl (C=O) groups excluding carboxylic acids is 1. The van der Waals surface area contributed by atoms with Crippen LogP contribution in [0, 0.1) is 0 Å². The summed E-state index contributed by atoms with van der Waals surface area (Å²) >= 11 is 6.17. The number of benzene rings is 2. The van der Waals surface area contributed by atoms with Crippen LogP contribution < -0.4 is 19.1 Å². The summed E-state index contributed by atoms with van der Waals surface area (Å²) in [5.74, 6) is 0.676. The van der Waals surface area contributed by atoms with Crippen molar-refractivity contribution < 1.29 is 22.7 Å². The maximum Gasteiger partial charge on any atom is 0.257 e. The Kier molecular flexibility index (Phi) is 5.48. The Hall–Kier alpha value is -2.45. The molecule has 27 heavy (non-hydrogen) atoms. The van der Waals surface area contributed by atoms with E-state index in [2.05, 4.69) is 5.32 Å². The van der Waals surface area contributed by atoms with E-state index in [-0.39, 0.29) is 16.3 Å². The highest BCUT2D eigenvalue weighted by molar-refractivity contribution is 7.93. The summed E-state index contributed by atoms with van der Waals surface area (Å²) < 4.78 is 35.9. The summed E-state index contributed by atoms with van der Waals surface area (Å²) in [6.45, 7) is 0.387. The van der Waals surface area contributed by atoms with Crippen LogP contribution in [0.25, 0.3) is 0 Å². The molecule has 2 aromatic carbocycles. The summed E-state index contributed by atoms with van der Waals surface area (Å²) in [6.07, 6.45) is 0.552. The Morgan fingerprint density at radius 2 is 1.78 bits per heavy atom. The molecule has 0 spiro atoms. The SMILES string of the molecule is COc1cc(NC(=O)c2cc(N3CCCS3(=O)=O)ccc2Cl)cc(OC)c1. The smallest absolute Gasteiger partial charge is 0.257 e. The average molecular weight is 411 g/mol. The monoisotopic (exact) mass is 410 g/mol. The molecule has 1 aliphatic rings. The second kappa shape index (κ2) is 7.66. The molecule has 1 heterocycles. The molecule has 1 fully saturated rings. The molecule has 7 nitrogen and oxygen atoms in total. The number of nitrogens with one attached hydrogen (secondary N) is 1. The van der Waals surface area contributed by atoms with E-state index in [4.69, 9.17) is 21.1 Å². The van der Waals surface area contributed by atoms with Gasteiger partial charge < -0.3 is 14.8 Å². The largest absolute Gasteiger partial charge is 0.497 e. The van der Waals surface area contributed by atoms with Crippen LogP contribution in [0.1, 0.15) is 16.8 Å². The second-order valence-electron chi connectivity index (χ2n) is 5.96. The van der Waals surface area contributed by atoms with Gasteiger partial charge in [-0.1, -0.05) is 11.6 Å². The molecule has 1 N–H and O–H groups in total. The number of hydrogen-bond donors (Lipinski definition) is 1. The first-order chi connectivity index (χ1) is 12.8. The van der Waals surface area contributed by atoms with Gasteiger partial charge in [0.05, 0.1) is 36.2 Å². The quantitative estimate of drug-likeness (QED) is 0.818. The Morgan fingerprint density at radius 3 is 2.33 bits per heavy atom. The predicted octanol–water partition coefficient (Wildman–Crippen LogP) is 3.15. The number of ether oxygens (including phenoxy) is 2. The zero-order valence-electron chi connectivity index (χ0n) is 14.9. The van der Waals surface area contributed by atoms with Gasteiger partial charge in [-0.2, -0.15) is 0 Å². The minimum absolute atomic E-state index is 0.0980. The number of amides is 1. The molecule has 0 aliphatic carbocycles. The van der Waals surface area contributed by atoms with Crippen LogP contribution in [0.2, 0.25) is 5.02 Å². The van der Waals surface area contributed by atoms with E-state index in [0.717, 1.165) is 0 Å². The highest BCUT2D eigenvalue weighted by Gasteiger charge is 2.29. The average Bonchev–Trinajstić information content (AvgIpc) is 3.00. The zero-order valence-corrected chi connectivity index (χ0v) is 16.4. The number of sulfonamides is 1. The second-order valence-corrected chi connectivity index (χ2v) is 8.38. The molecule has 1 aliphatic heterocycles. The number of anilines is 2. The maximum absolute atomic E-state index is 12.7. The van der Waals surface area contributed by atoms with E-state index in [9.17, 15) is 13.2 Å². The molecule has 144 valence electrons. The highest BCUT2D eigenvalue weighted by atomic mass is 35.5. The van der Waals surface area contributed by atoms with Crippen molar-refractivity contribution in [1.29, 1.82) is 0 Å². The number of hydrogen-bond acceptors (Lipinski definition) is 5. The van der Waals surface area contributed by atoms with Gasteiger partial charge in [0.2, 0.25) is 10.0 Å². The maximum atomic E-state index is 12.7. The molecule has 2 aromatic rings. The van der Waals surface area contributed by atoms with Crippen LogP contribution in [0.5, 0.6) is 11.5 Å². The van der Waals surface area contributed by atoms with Crippen LogP contribution in [-0.2, 0) is 10.0 Å². The minimum atomic E-state index is -3.35. The molecular formula is C18H19ClN2O5S. The zero-order chi connectivity index (χ0) is 19.6. The number of halogens is 1. The first-order valence-electron chi connectivity index (χ1n) is 8.18. The minimum Gasteiger partial charge on any atom is -0.497 e. The summed E-state index contributed by atoms with van der Waals surface area (Å²) in [5.41, 5.74) is 1.06. The van der Waals surface area contributed by atoms with E-state index < -0.39 is 15.9 Å². The standard InChI is InChI=1S/C18H19ClN2O5S/c1-25-14-8-12(9-15(11-14)26-2)20-18(22)16-10-13(4-5-17(16)19)21-6-3-7-27(21,23)24/h4-5,8-11H,3,6-7H2,1-2H3,(H,20,22). The van der Waals surface area contributed by atoms with Crippen LogP contribution in [-0.4, -0.2) is 40.8 Å². The molecule has 1 amide bonds. The lowest BCUT2D eigenvalue weighted by atomic mass is 10.1. The van der Waals surface area contributed by atoms with Crippen LogP contribution >= 0.6 is 11.6 Å². The van der Waals surface area contributed by atoms with Gasteiger partial charge in [-0.25, -0.2) is 8.42 Å². The third-order valence-corrected chi connectivity index (χ3v) is 6.39. The van der Waals surface area contributed by atoms with Gasteiger partial charge in [0.1, 0.15) is 11.5 Å². The molecular weight excluding hydrogens is 392 g/mol. The molecule has 0 radical (unpaired) electrons. The molecule has 1 saturated heterocycles. The van der Waals surface area contributed by atoms with Crippen molar-refractivity contribution in [3.05, 3.63) is 47.0 Å². The Balaban J connectivity index is 1.90. The first kappa shape index (κ1) is 19.3. The van der Waals surface area contributed by atoms with Gasteiger partial charge in [-0.05, 0) is 24.6 Å². The number of nitrogens with zero attached hydrogens (tertiary/aromatic N) is 1. The normalized spacial score (nSPS) is 15.4. The fourth-order valence-corrected chi connectivity index (χ4v) is 4.61. The van der Waals surface area contributed by atoms with Gasteiger partial charge in [0.25, 0.3) is 5.91 Å². The van der Waals surface area contributed by atoms with Crippen LogP contribution in [0.4, 0.5) is 11.4 Å². The van der Waals surface area contributed by atoms with Gasteiger partial charge in [-0.3, -0.25) is 9.10 Å². The molecule has 3 rings (SSSR count). The van der Waals surface area contributed by atoms with Crippen molar-refractivity contribution in [2.45, 2.75) is 6.42 Å².